The van der Waals surface area contributed by atoms with Gasteiger partial charge in [-0.3, -0.25) is 0 Å². The molecule has 1 unspecified atom stereocenters. The summed E-state index contributed by atoms with van der Waals surface area (Å²) in [4.78, 5) is 0.456. The summed E-state index contributed by atoms with van der Waals surface area (Å²) in [6.07, 6.45) is 0.892. The molecule has 1 N–H and O–H groups in total. The van der Waals surface area contributed by atoms with E-state index in [0.29, 0.717) is 4.90 Å². The van der Waals surface area contributed by atoms with Crippen molar-refractivity contribution < 1.29 is 8.42 Å². The molecule has 0 bridgehead atoms. The van der Waals surface area contributed by atoms with Gasteiger partial charge < -0.3 is 5.32 Å². The average Bonchev–Trinajstić information content (AvgIpc) is 2.73. The quantitative estimate of drug-likeness (QED) is 0.895. The van der Waals surface area contributed by atoms with E-state index in [4.69, 9.17) is 0 Å². The van der Waals surface area contributed by atoms with Gasteiger partial charge in [0.25, 0.3) is 0 Å². The molecule has 0 aliphatic carbocycles. The van der Waals surface area contributed by atoms with E-state index in [9.17, 15) is 8.42 Å². The smallest absolute Gasteiger partial charge is 0.181 e. The van der Waals surface area contributed by atoms with Crippen molar-refractivity contribution in [1.82, 2.24) is 0 Å². The van der Waals surface area contributed by atoms with E-state index in [1.165, 1.54) is 5.56 Å². The van der Waals surface area contributed by atoms with Gasteiger partial charge in [0.15, 0.2) is 9.84 Å². The van der Waals surface area contributed by atoms with Crippen LogP contribution in [0.15, 0.2) is 51.8 Å². The summed E-state index contributed by atoms with van der Waals surface area (Å²) in [6, 6.07) is 13.1. The molecule has 1 atom stereocenters. The van der Waals surface area contributed by atoms with Gasteiger partial charge in [0.05, 0.1) is 16.7 Å². The maximum Gasteiger partial charge on any atom is 0.181 e. The van der Waals surface area contributed by atoms with Gasteiger partial charge in [-0.1, -0.05) is 41.1 Å². The van der Waals surface area contributed by atoms with Crippen LogP contribution in [-0.2, 0) is 16.3 Å². The van der Waals surface area contributed by atoms with Gasteiger partial charge in [0, 0.05) is 10.2 Å². The number of nitrogens with one attached hydrogen (secondary N) is 1. The second-order valence-corrected chi connectivity index (χ2v) is 8.09. The van der Waals surface area contributed by atoms with Crippen molar-refractivity contribution in [2.75, 3.05) is 11.1 Å². The molecule has 3 nitrogen and oxygen atoms in total. The second kappa shape index (κ2) is 5.46. The molecule has 0 aromatic heterocycles. The Morgan fingerprint density at radius 2 is 2.00 bits per heavy atom. The Bertz CT molecular complexity index is 787. The first-order valence-corrected chi connectivity index (χ1v) is 9.32. The highest BCUT2D eigenvalue weighted by Gasteiger charge is 2.34. The monoisotopic (exact) mass is 365 g/mol. The Hall–Kier alpha value is -1.33. The molecule has 0 radical (unpaired) electrons. The molecule has 1 aliphatic heterocycles. The van der Waals surface area contributed by atoms with Crippen molar-refractivity contribution in [2.45, 2.75) is 24.3 Å². The molecular weight excluding hydrogens is 350 g/mol. The van der Waals surface area contributed by atoms with Gasteiger partial charge >= 0.3 is 0 Å². The predicted octanol–water partition coefficient (Wildman–Crippen LogP) is 3.95. The lowest BCUT2D eigenvalue weighted by atomic mass is 10.1. The molecule has 1 aliphatic rings. The number of anilines is 1. The Morgan fingerprint density at radius 1 is 1.24 bits per heavy atom. The third kappa shape index (κ3) is 2.72. The summed E-state index contributed by atoms with van der Waals surface area (Å²) in [5.41, 5.74) is 3.03. The lowest BCUT2D eigenvalue weighted by molar-refractivity contribution is 0.598. The van der Waals surface area contributed by atoms with E-state index in [1.807, 2.05) is 24.3 Å². The minimum absolute atomic E-state index is 0.117. The number of halogens is 1. The molecule has 2 aromatic rings. The molecular formula is C16H16BrNO2S. The van der Waals surface area contributed by atoms with Crippen molar-refractivity contribution in [2.24, 2.45) is 0 Å². The van der Waals surface area contributed by atoms with Crippen LogP contribution in [0.2, 0.25) is 0 Å². The van der Waals surface area contributed by atoms with Gasteiger partial charge in [-0.2, -0.15) is 0 Å². The number of fused-ring (bicyclic) bond motifs is 1. The maximum atomic E-state index is 12.2. The fourth-order valence-corrected chi connectivity index (χ4v) is 4.90. The minimum Gasteiger partial charge on any atom is -0.377 e. The van der Waals surface area contributed by atoms with E-state index >= 15 is 0 Å². The minimum atomic E-state index is -3.17. The molecule has 0 saturated carbocycles. The van der Waals surface area contributed by atoms with Crippen molar-refractivity contribution in [3.05, 3.63) is 58.1 Å². The normalized spacial score (nSPS) is 19.2. The molecule has 3 rings (SSSR count). The van der Waals surface area contributed by atoms with Gasteiger partial charge in [-0.05, 0) is 41.8 Å². The van der Waals surface area contributed by atoms with Crippen LogP contribution in [0.3, 0.4) is 0 Å². The lowest BCUT2D eigenvalue weighted by Gasteiger charge is -2.17. The topological polar surface area (TPSA) is 46.2 Å². The molecule has 0 spiro atoms. The summed E-state index contributed by atoms with van der Waals surface area (Å²) in [6.45, 7) is 2.09. The van der Waals surface area contributed by atoms with Gasteiger partial charge in [-0.15, -0.1) is 0 Å². The van der Waals surface area contributed by atoms with Crippen LogP contribution in [-0.4, -0.2) is 14.2 Å². The highest BCUT2D eigenvalue weighted by atomic mass is 79.9. The Kier molecular flexibility index (Phi) is 3.80. The molecule has 0 amide bonds. The van der Waals surface area contributed by atoms with Gasteiger partial charge in [0.2, 0.25) is 0 Å². The summed E-state index contributed by atoms with van der Waals surface area (Å²) in [5, 5.41) is 3.40. The van der Waals surface area contributed by atoms with E-state index in [1.54, 1.807) is 12.1 Å². The fraction of sp³-hybridized carbons (Fsp3) is 0.250. The first kappa shape index (κ1) is 14.6. The zero-order chi connectivity index (χ0) is 15.0. The Labute approximate surface area is 133 Å². The first-order valence-electron chi connectivity index (χ1n) is 6.88. The van der Waals surface area contributed by atoms with Crippen LogP contribution in [0.5, 0.6) is 0 Å². The SMILES string of the molecule is CCc1cc(Br)ccc1NC1CS(=O)(=O)c2ccccc21. The summed E-state index contributed by atoms with van der Waals surface area (Å²) in [5.74, 6) is 0.117. The second-order valence-electron chi connectivity index (χ2n) is 5.17. The number of hydrogen-bond donors (Lipinski definition) is 1. The number of aryl methyl sites for hydroxylation is 1. The van der Waals surface area contributed by atoms with Crippen LogP contribution in [0.25, 0.3) is 0 Å². The fourth-order valence-electron chi connectivity index (χ4n) is 2.75. The molecule has 21 heavy (non-hydrogen) atoms. The number of hydrogen-bond acceptors (Lipinski definition) is 3. The van der Waals surface area contributed by atoms with Crippen molar-refractivity contribution in [3.8, 4) is 0 Å². The van der Waals surface area contributed by atoms with Crippen LogP contribution < -0.4 is 5.32 Å². The summed E-state index contributed by atoms with van der Waals surface area (Å²) < 4.78 is 25.5. The number of rotatable bonds is 3. The Morgan fingerprint density at radius 3 is 2.76 bits per heavy atom. The third-order valence-electron chi connectivity index (χ3n) is 3.79. The molecule has 0 saturated heterocycles. The maximum absolute atomic E-state index is 12.2. The summed E-state index contributed by atoms with van der Waals surface area (Å²) >= 11 is 3.47. The standard InChI is InChI=1S/C16H16BrNO2S/c1-2-11-9-12(17)7-8-14(11)18-15-10-21(19,20)16-6-4-3-5-13(15)16/h3-9,15,18H,2,10H2,1H3. The van der Waals surface area contributed by atoms with E-state index < -0.39 is 9.84 Å². The number of benzene rings is 2. The van der Waals surface area contributed by atoms with Crippen molar-refractivity contribution >= 4 is 31.5 Å². The predicted molar refractivity (Wildman–Crippen MR) is 88.4 cm³/mol. The molecule has 110 valence electrons. The molecule has 5 heteroatoms. The van der Waals surface area contributed by atoms with Gasteiger partial charge in [0.1, 0.15) is 0 Å². The Balaban J connectivity index is 1.98. The van der Waals surface area contributed by atoms with E-state index in [2.05, 4.69) is 34.2 Å². The zero-order valence-electron chi connectivity index (χ0n) is 11.6. The van der Waals surface area contributed by atoms with Crippen LogP contribution >= 0.6 is 15.9 Å². The molecule has 2 aromatic carbocycles. The van der Waals surface area contributed by atoms with Crippen LogP contribution in [0.1, 0.15) is 24.1 Å². The number of sulfone groups is 1. The van der Waals surface area contributed by atoms with E-state index in [0.717, 1.165) is 22.1 Å². The average molecular weight is 366 g/mol. The van der Waals surface area contributed by atoms with Crippen LogP contribution in [0.4, 0.5) is 5.69 Å². The third-order valence-corrected chi connectivity index (χ3v) is 6.10. The van der Waals surface area contributed by atoms with Crippen molar-refractivity contribution in [3.63, 3.8) is 0 Å². The summed E-state index contributed by atoms with van der Waals surface area (Å²) in [7, 11) is -3.17. The van der Waals surface area contributed by atoms with Crippen molar-refractivity contribution in [1.29, 1.82) is 0 Å². The lowest BCUT2D eigenvalue weighted by Crippen LogP contribution is -2.14. The van der Waals surface area contributed by atoms with E-state index in [-0.39, 0.29) is 11.8 Å². The largest absolute Gasteiger partial charge is 0.377 e. The van der Waals surface area contributed by atoms with Gasteiger partial charge in [-0.25, -0.2) is 8.42 Å². The highest BCUT2D eigenvalue weighted by molar-refractivity contribution is 9.10. The van der Waals surface area contributed by atoms with Crippen LogP contribution in [0, 0.1) is 0 Å². The zero-order valence-corrected chi connectivity index (χ0v) is 14.0. The first-order chi connectivity index (χ1) is 10.0. The molecule has 1 heterocycles. The molecule has 0 fully saturated rings. The highest BCUT2D eigenvalue weighted by Crippen LogP contribution is 2.36.